The Balaban J connectivity index is 1.35. The lowest BCUT2D eigenvalue weighted by atomic mass is 9.98. The van der Waals surface area contributed by atoms with Crippen LogP contribution in [0, 0.1) is 17.6 Å². The Hall–Kier alpha value is -3.90. The number of fused-ring (bicyclic) bond motifs is 1. The molecule has 13 heteroatoms. The van der Waals surface area contributed by atoms with Crippen LogP contribution >= 0.6 is 11.6 Å². The van der Waals surface area contributed by atoms with Crippen LogP contribution in [-0.2, 0) is 0 Å². The van der Waals surface area contributed by atoms with Gasteiger partial charge in [0.25, 0.3) is 5.91 Å². The number of benzene rings is 2. The van der Waals surface area contributed by atoms with Crippen molar-refractivity contribution in [2.75, 3.05) is 25.0 Å². The summed E-state index contributed by atoms with van der Waals surface area (Å²) in [6, 6.07) is 6.89. The zero-order valence-electron chi connectivity index (χ0n) is 20.4. The van der Waals surface area contributed by atoms with E-state index in [0.29, 0.717) is 23.7 Å². The molecular weight excluding hydrogens is 540 g/mol. The molecule has 2 aromatic carbocycles. The van der Waals surface area contributed by atoms with Crippen LogP contribution in [0.5, 0.6) is 5.75 Å². The second-order valence-electron chi connectivity index (χ2n) is 8.95. The summed E-state index contributed by atoms with van der Waals surface area (Å²) < 4.78 is 59.5. The van der Waals surface area contributed by atoms with Crippen molar-refractivity contribution in [2.24, 2.45) is 5.92 Å². The molecule has 0 aliphatic carbocycles. The normalized spacial score (nSPS) is 14.1. The van der Waals surface area contributed by atoms with E-state index >= 15 is 0 Å². The van der Waals surface area contributed by atoms with E-state index in [1.54, 1.807) is 18.2 Å². The van der Waals surface area contributed by atoms with E-state index in [9.17, 15) is 22.4 Å². The molecule has 1 fully saturated rings. The minimum atomic E-state index is -3.29. The summed E-state index contributed by atoms with van der Waals surface area (Å²) in [5.41, 5.74) is 1.09. The van der Waals surface area contributed by atoms with Crippen LogP contribution in [0.4, 0.5) is 29.1 Å². The molecule has 0 bridgehead atoms. The second-order valence-corrected chi connectivity index (χ2v) is 9.36. The number of carbonyl (C=O) groups is 1. The van der Waals surface area contributed by atoms with Crippen molar-refractivity contribution in [1.29, 1.82) is 0 Å². The highest BCUT2D eigenvalue weighted by molar-refractivity contribution is 6.34. The van der Waals surface area contributed by atoms with Gasteiger partial charge in [-0.2, -0.15) is 13.2 Å². The third-order valence-electron chi connectivity index (χ3n) is 6.45. The largest absolute Gasteiger partial charge is 0.432 e. The van der Waals surface area contributed by atoms with Crippen molar-refractivity contribution in [3.63, 3.8) is 0 Å². The van der Waals surface area contributed by atoms with Gasteiger partial charge in [-0.3, -0.25) is 9.20 Å². The maximum atomic E-state index is 14.7. The molecule has 4 aromatic rings. The lowest BCUT2D eigenvalue weighted by molar-refractivity contribution is -0.0525. The molecule has 1 amide bonds. The summed E-state index contributed by atoms with van der Waals surface area (Å²) in [7, 11) is 0. The highest BCUT2D eigenvalue weighted by Gasteiger charge is 2.21. The van der Waals surface area contributed by atoms with E-state index in [0.717, 1.165) is 38.1 Å². The molecule has 0 radical (unpaired) electrons. The molecule has 0 unspecified atom stereocenters. The fraction of sp³-hybridized carbons (Fsp3) is 0.269. The Kier molecular flexibility index (Phi) is 7.84. The Bertz CT molecular complexity index is 1510. The van der Waals surface area contributed by atoms with Crippen molar-refractivity contribution >= 4 is 34.7 Å². The van der Waals surface area contributed by atoms with Gasteiger partial charge in [0.05, 0.1) is 22.5 Å². The van der Waals surface area contributed by atoms with E-state index in [4.69, 9.17) is 11.6 Å². The Morgan fingerprint density at radius 2 is 1.95 bits per heavy atom. The number of nitrogens with one attached hydrogen (secondary N) is 3. The van der Waals surface area contributed by atoms with Gasteiger partial charge in [-0.05, 0) is 62.2 Å². The lowest BCUT2D eigenvalue weighted by Gasteiger charge is -2.22. The summed E-state index contributed by atoms with van der Waals surface area (Å²) in [5.74, 6) is -3.35. The number of imidazole rings is 1. The summed E-state index contributed by atoms with van der Waals surface area (Å²) >= 11 is 6.40. The fourth-order valence-corrected chi connectivity index (χ4v) is 4.72. The van der Waals surface area contributed by atoms with Gasteiger partial charge in [-0.1, -0.05) is 11.6 Å². The van der Waals surface area contributed by atoms with Gasteiger partial charge in [-0.25, -0.2) is 14.4 Å². The molecule has 204 valence electrons. The van der Waals surface area contributed by atoms with E-state index in [1.165, 1.54) is 23.0 Å². The number of alkyl halides is 2. The minimum absolute atomic E-state index is 0.161. The summed E-state index contributed by atoms with van der Waals surface area (Å²) in [5, 5.41) is 9.54. The zero-order valence-corrected chi connectivity index (χ0v) is 21.1. The first kappa shape index (κ1) is 26.7. The average Bonchev–Trinajstić information content (AvgIpc) is 3.35. The number of carbonyl (C=O) groups excluding carboxylic acids is 1. The summed E-state index contributed by atoms with van der Waals surface area (Å²) in [4.78, 5) is 21.2. The maximum absolute atomic E-state index is 14.7. The Morgan fingerprint density at radius 3 is 2.69 bits per heavy atom. The molecule has 0 saturated carbocycles. The topological polar surface area (TPSA) is 92.6 Å². The zero-order chi connectivity index (χ0) is 27.5. The number of ether oxygens (including phenoxy) is 1. The Morgan fingerprint density at radius 1 is 1.15 bits per heavy atom. The van der Waals surface area contributed by atoms with Gasteiger partial charge >= 0.3 is 6.61 Å². The first-order chi connectivity index (χ1) is 18.8. The number of piperidine rings is 1. The number of halogens is 5. The molecule has 2 aromatic heterocycles. The molecule has 1 aliphatic rings. The standard InChI is InChI=1S/C26H23ClF4N6O2/c27-18-11-15(1-2-16(18)25(38)35-12-14-5-7-32-8-6-14)36-23-24-34-13-19(37(24)10-9-33-23)17-3-4-20(39-26(30)31)22(29)21(17)28/h1-4,9-11,13-14,26,32H,5-8,12H2,(H,33,36)(H,35,38). The van der Waals surface area contributed by atoms with Gasteiger partial charge in [0.1, 0.15) is 0 Å². The number of nitrogens with zero attached hydrogens (tertiary/aromatic N) is 3. The van der Waals surface area contributed by atoms with Gasteiger partial charge in [0.15, 0.2) is 23.0 Å². The van der Waals surface area contributed by atoms with E-state index in [1.807, 2.05) is 0 Å². The van der Waals surface area contributed by atoms with Crippen molar-refractivity contribution < 1.29 is 27.1 Å². The maximum Gasteiger partial charge on any atom is 0.387 e. The Labute approximate surface area is 225 Å². The van der Waals surface area contributed by atoms with Crippen LogP contribution in [0.3, 0.4) is 0 Å². The molecule has 39 heavy (non-hydrogen) atoms. The predicted octanol–water partition coefficient (Wildman–Crippen LogP) is 5.40. The van der Waals surface area contributed by atoms with Crippen LogP contribution in [-0.4, -0.2) is 46.5 Å². The lowest BCUT2D eigenvalue weighted by Crippen LogP contribution is -2.36. The van der Waals surface area contributed by atoms with Gasteiger partial charge in [0.2, 0.25) is 5.82 Å². The first-order valence-electron chi connectivity index (χ1n) is 12.1. The highest BCUT2D eigenvalue weighted by atomic mass is 35.5. The number of rotatable bonds is 8. The van der Waals surface area contributed by atoms with Crippen LogP contribution < -0.4 is 20.7 Å². The van der Waals surface area contributed by atoms with Gasteiger partial charge in [0, 0.05) is 30.2 Å². The SMILES string of the molecule is O=C(NCC1CCNCC1)c1ccc(Nc2nccn3c(-c4ccc(OC(F)F)c(F)c4F)cnc23)cc1Cl. The molecular formula is C26H23ClF4N6O2. The molecule has 1 aliphatic heterocycles. The van der Waals surface area contributed by atoms with Gasteiger partial charge in [-0.15, -0.1) is 0 Å². The second kappa shape index (κ2) is 11.5. The van der Waals surface area contributed by atoms with E-state index in [2.05, 4.69) is 30.7 Å². The minimum Gasteiger partial charge on any atom is -0.432 e. The smallest absolute Gasteiger partial charge is 0.387 e. The number of hydrogen-bond donors (Lipinski definition) is 3. The molecule has 3 N–H and O–H groups in total. The molecule has 1 saturated heterocycles. The third-order valence-corrected chi connectivity index (χ3v) is 6.77. The predicted molar refractivity (Wildman–Crippen MR) is 138 cm³/mol. The van der Waals surface area contributed by atoms with Crippen LogP contribution in [0.1, 0.15) is 23.2 Å². The number of hydrogen-bond acceptors (Lipinski definition) is 6. The molecule has 0 spiro atoms. The first-order valence-corrected chi connectivity index (χ1v) is 12.5. The average molecular weight is 563 g/mol. The number of amides is 1. The van der Waals surface area contributed by atoms with Crippen molar-refractivity contribution in [3.05, 3.63) is 71.1 Å². The third kappa shape index (κ3) is 5.76. The summed E-state index contributed by atoms with van der Waals surface area (Å²) in [6.45, 7) is -0.835. The van der Waals surface area contributed by atoms with Crippen molar-refractivity contribution in [2.45, 2.75) is 19.5 Å². The summed E-state index contributed by atoms with van der Waals surface area (Å²) in [6.07, 6.45) is 6.23. The van der Waals surface area contributed by atoms with Gasteiger partial charge < -0.3 is 20.7 Å². The molecule has 5 rings (SSSR count). The van der Waals surface area contributed by atoms with E-state index < -0.39 is 24.0 Å². The molecule has 8 nitrogen and oxygen atoms in total. The molecule has 3 heterocycles. The van der Waals surface area contributed by atoms with Crippen LogP contribution in [0.2, 0.25) is 5.02 Å². The van der Waals surface area contributed by atoms with Crippen molar-refractivity contribution in [1.82, 2.24) is 25.0 Å². The highest BCUT2D eigenvalue weighted by Crippen LogP contribution is 2.32. The fourth-order valence-electron chi connectivity index (χ4n) is 4.46. The van der Waals surface area contributed by atoms with Crippen LogP contribution in [0.15, 0.2) is 48.9 Å². The molecule has 0 atom stereocenters. The van der Waals surface area contributed by atoms with E-state index in [-0.39, 0.29) is 33.7 Å². The van der Waals surface area contributed by atoms with Crippen LogP contribution in [0.25, 0.3) is 16.9 Å². The quantitative estimate of drug-likeness (QED) is 0.249. The number of anilines is 2. The number of aromatic nitrogens is 3. The monoisotopic (exact) mass is 562 g/mol. The van der Waals surface area contributed by atoms with Crippen molar-refractivity contribution in [3.8, 4) is 17.0 Å².